The molecule has 4 fully saturated rings. The fourth-order valence-corrected chi connectivity index (χ4v) is 10.8. The van der Waals surface area contributed by atoms with E-state index in [2.05, 4.69) is 36.1 Å². The van der Waals surface area contributed by atoms with E-state index in [4.69, 9.17) is 9.57 Å². The lowest BCUT2D eigenvalue weighted by Crippen LogP contribution is -2.62. The van der Waals surface area contributed by atoms with Crippen LogP contribution in [0.2, 0.25) is 0 Å². The first-order chi connectivity index (χ1) is 29.2. The fourth-order valence-electron chi connectivity index (χ4n) is 10.1. The second kappa shape index (κ2) is 19.3. The number of aliphatic hydroxyl groups is 3. The lowest BCUT2D eigenvalue weighted by molar-refractivity contribution is -0.231. The number of likely N-dealkylation sites (N-methyl/N-ethyl adjacent to an activating group) is 2. The van der Waals surface area contributed by atoms with Crippen LogP contribution >= 0.6 is 0 Å². The van der Waals surface area contributed by atoms with Crippen LogP contribution in [0.5, 0.6) is 5.75 Å². The topological polar surface area (TPSA) is 193 Å². The Kier molecular flexibility index (Phi) is 14.8. The monoisotopic (exact) mass is 878 g/mol. The zero-order chi connectivity index (χ0) is 45.3. The molecule has 1 heterocycles. The first kappa shape index (κ1) is 47.4. The summed E-state index contributed by atoms with van der Waals surface area (Å²) in [7, 11) is 3.32. The molecule has 62 heavy (non-hydrogen) atoms. The summed E-state index contributed by atoms with van der Waals surface area (Å²) >= 11 is 0. The lowest BCUT2D eigenvalue weighted by Gasteiger charge is -2.62. The van der Waals surface area contributed by atoms with Gasteiger partial charge in [-0.15, -0.1) is 0 Å². The summed E-state index contributed by atoms with van der Waals surface area (Å²) in [5, 5.41) is 39.7. The number of hydrogen-bond donors (Lipinski definition) is 6. The number of amides is 2. The number of hydrogen-bond acceptors (Lipinski definition) is 12. The second-order valence-electron chi connectivity index (χ2n) is 18.4. The Labute approximate surface area is 366 Å². The van der Waals surface area contributed by atoms with Gasteiger partial charge in [-0.3, -0.25) is 14.4 Å². The van der Waals surface area contributed by atoms with E-state index in [0.717, 1.165) is 19.1 Å². The predicted octanol–water partition coefficient (Wildman–Crippen LogP) is 3.36. The molecule has 6 N–H and O–H groups in total. The minimum Gasteiger partial charge on any atom is -0.496 e. The number of fused-ring (bicyclic) bond motifs is 2. The van der Waals surface area contributed by atoms with E-state index in [1.54, 1.807) is 26.1 Å². The summed E-state index contributed by atoms with van der Waals surface area (Å²) in [6.07, 6.45) is 0.633. The van der Waals surface area contributed by atoms with Gasteiger partial charge < -0.3 is 40.5 Å². The summed E-state index contributed by atoms with van der Waals surface area (Å²) in [4.78, 5) is 38.3. The standard InChI is InChI=1S/C46H66N6O9S/c1-27-36-23-33(46(36,3)4)24-37(27)47-44(56)41-39(28(2)54)45(57)61-52(41)25-30-16-13-17-35(42(30)60-8)31-20-32(22-34(21-31)51(7)18-19-53)43(55)48-38(26-50(5)6)40(49-62(9,58)59)29-14-11-10-12-15-29/h10-17,20-22,27-28,33,36-41,45,49,53-54,57H,18-19,23-26H2,1-9H3,(H,47,56)(H,48,55)/t27-,28-,33+,36-,37-,38+,39-,40-,41-,45+/m0/s1. The van der Waals surface area contributed by atoms with Gasteiger partial charge in [0.2, 0.25) is 15.9 Å². The van der Waals surface area contributed by atoms with E-state index in [0.29, 0.717) is 52.1 Å². The molecule has 2 amide bonds. The van der Waals surface area contributed by atoms with Crippen molar-refractivity contribution in [1.82, 2.24) is 25.3 Å². The molecule has 4 aliphatic rings. The van der Waals surface area contributed by atoms with Crippen LogP contribution in [0.15, 0.2) is 66.7 Å². The molecule has 3 aliphatic carbocycles. The molecule has 7 rings (SSSR count). The molecule has 0 aromatic heterocycles. The molecule has 16 heteroatoms. The highest BCUT2D eigenvalue weighted by molar-refractivity contribution is 7.88. The molecule has 15 nitrogen and oxygen atoms in total. The highest BCUT2D eigenvalue weighted by Gasteiger charge is 2.57. The van der Waals surface area contributed by atoms with Crippen molar-refractivity contribution in [3.05, 3.63) is 83.4 Å². The predicted molar refractivity (Wildman–Crippen MR) is 238 cm³/mol. The molecule has 1 aliphatic heterocycles. The number of carbonyl (C=O) groups excluding carboxylic acids is 2. The molecule has 340 valence electrons. The SMILES string of the molecule is COc1c(CN2O[C@@H](O)[C@@H]([C@H](C)O)[C@H]2C(=O)N[C@H]2C[C@H]3C[C@@H]([C@@H]2C)C3(C)C)cccc1-c1cc(C(=O)N[C@H](CN(C)C)[C@@H](NS(C)(=O)=O)c2ccccc2)cc(N(C)CCO)c1. The minimum absolute atomic E-state index is 0.0196. The number of benzene rings is 3. The number of sulfonamides is 1. The van der Waals surface area contributed by atoms with Crippen LogP contribution in [0.25, 0.3) is 11.1 Å². The van der Waals surface area contributed by atoms with E-state index in [-0.39, 0.29) is 48.5 Å². The molecule has 0 radical (unpaired) electrons. The highest BCUT2D eigenvalue weighted by atomic mass is 32.2. The number of ether oxygens (including phenoxy) is 1. The molecule has 3 saturated carbocycles. The van der Waals surface area contributed by atoms with Gasteiger partial charge in [-0.1, -0.05) is 69.3 Å². The minimum atomic E-state index is -3.70. The third kappa shape index (κ3) is 10.3. The number of para-hydroxylation sites is 1. The van der Waals surface area contributed by atoms with Crippen LogP contribution in [-0.2, 0) is 26.2 Å². The van der Waals surface area contributed by atoms with Gasteiger partial charge in [0.15, 0.2) is 6.29 Å². The Balaban J connectivity index is 1.33. The van der Waals surface area contributed by atoms with Gasteiger partial charge in [-0.25, -0.2) is 13.1 Å². The molecular formula is C46H66N6O9S. The summed E-state index contributed by atoms with van der Waals surface area (Å²) in [6, 6.07) is 17.4. The number of anilines is 1. The molecule has 1 saturated heterocycles. The lowest BCUT2D eigenvalue weighted by atomic mass is 9.45. The van der Waals surface area contributed by atoms with Crippen LogP contribution in [0, 0.1) is 29.1 Å². The van der Waals surface area contributed by atoms with Crippen LogP contribution in [-0.4, -0.2) is 130 Å². The zero-order valence-corrected chi connectivity index (χ0v) is 38.2. The third-order valence-corrected chi connectivity index (χ3v) is 14.2. The van der Waals surface area contributed by atoms with Gasteiger partial charge in [0, 0.05) is 48.6 Å². The Morgan fingerprint density at radius 3 is 2.35 bits per heavy atom. The smallest absolute Gasteiger partial charge is 0.251 e. The Hall–Kier alpha value is -4.13. The first-order valence-corrected chi connectivity index (χ1v) is 23.3. The molecule has 3 aromatic rings. The quantitative estimate of drug-likeness (QED) is 0.109. The summed E-state index contributed by atoms with van der Waals surface area (Å²) in [5.41, 5.74) is 3.69. The number of aliphatic hydroxyl groups excluding tert-OH is 3. The Bertz CT molecular complexity index is 2160. The maximum atomic E-state index is 14.4. The molecule has 0 unspecified atom stereocenters. The number of methoxy groups -OCH3 is 1. The van der Waals surface area contributed by atoms with Crippen molar-refractivity contribution in [3.63, 3.8) is 0 Å². The van der Waals surface area contributed by atoms with Crippen molar-refractivity contribution in [2.24, 2.45) is 29.1 Å². The van der Waals surface area contributed by atoms with Crippen LogP contribution in [0.4, 0.5) is 5.69 Å². The van der Waals surface area contributed by atoms with Gasteiger partial charge in [-0.2, -0.15) is 5.06 Å². The molecule has 2 bridgehead atoms. The Morgan fingerprint density at radius 2 is 1.76 bits per heavy atom. The van der Waals surface area contributed by atoms with Gasteiger partial charge in [-0.05, 0) is 86.4 Å². The molecule has 10 atom stereocenters. The number of hydroxylamine groups is 2. The average molecular weight is 879 g/mol. The van der Waals surface area contributed by atoms with Crippen LogP contribution < -0.4 is 25.0 Å². The van der Waals surface area contributed by atoms with Crippen molar-refractivity contribution in [2.45, 2.75) is 83.6 Å². The average Bonchev–Trinajstić information content (AvgIpc) is 3.55. The van der Waals surface area contributed by atoms with Crippen molar-refractivity contribution < 1.29 is 42.9 Å². The first-order valence-electron chi connectivity index (χ1n) is 21.4. The maximum Gasteiger partial charge on any atom is 0.251 e. The largest absolute Gasteiger partial charge is 0.496 e. The second-order valence-corrected chi connectivity index (χ2v) is 20.2. The van der Waals surface area contributed by atoms with E-state index >= 15 is 0 Å². The van der Waals surface area contributed by atoms with E-state index in [1.165, 1.54) is 12.2 Å². The van der Waals surface area contributed by atoms with Crippen molar-refractivity contribution in [3.8, 4) is 16.9 Å². The van der Waals surface area contributed by atoms with E-state index < -0.39 is 52.4 Å². The van der Waals surface area contributed by atoms with Gasteiger partial charge >= 0.3 is 0 Å². The van der Waals surface area contributed by atoms with Gasteiger partial charge in [0.25, 0.3) is 5.91 Å². The maximum absolute atomic E-state index is 14.4. The Morgan fingerprint density at radius 1 is 1.05 bits per heavy atom. The van der Waals surface area contributed by atoms with Crippen molar-refractivity contribution in [1.29, 1.82) is 0 Å². The van der Waals surface area contributed by atoms with Crippen LogP contribution in [0.3, 0.4) is 0 Å². The molecular weight excluding hydrogens is 813 g/mol. The summed E-state index contributed by atoms with van der Waals surface area (Å²) < 4.78 is 34.1. The number of carbonyl (C=O) groups is 2. The highest BCUT2D eigenvalue weighted by Crippen LogP contribution is 2.61. The van der Waals surface area contributed by atoms with Crippen molar-refractivity contribution in [2.75, 3.05) is 59.1 Å². The fraction of sp³-hybridized carbons (Fsp3) is 0.565. The van der Waals surface area contributed by atoms with Gasteiger partial charge in [0.1, 0.15) is 11.8 Å². The van der Waals surface area contributed by atoms with E-state index in [9.17, 15) is 33.3 Å². The third-order valence-electron chi connectivity index (χ3n) is 13.5. The number of nitrogens with zero attached hydrogens (tertiary/aromatic N) is 3. The number of nitrogens with one attached hydrogen (secondary N) is 3. The van der Waals surface area contributed by atoms with Gasteiger partial charge in [0.05, 0.1) is 50.6 Å². The normalized spacial score (nSPS) is 26.0. The molecule has 3 aromatic carbocycles. The molecule has 0 spiro atoms. The zero-order valence-electron chi connectivity index (χ0n) is 37.4. The van der Waals surface area contributed by atoms with E-state index in [1.807, 2.05) is 78.5 Å². The van der Waals surface area contributed by atoms with Crippen LogP contribution in [0.1, 0.15) is 68.1 Å². The number of rotatable bonds is 18. The van der Waals surface area contributed by atoms with Crippen molar-refractivity contribution >= 4 is 27.5 Å². The summed E-state index contributed by atoms with van der Waals surface area (Å²) in [5.74, 6) is 0.0498. The summed E-state index contributed by atoms with van der Waals surface area (Å²) in [6.45, 7) is 8.82.